The molecule has 0 spiro atoms. The molecule has 0 bridgehead atoms. The van der Waals surface area contributed by atoms with Gasteiger partial charge in [0, 0.05) is 13.2 Å². The molecule has 7 nitrogen and oxygen atoms in total. The van der Waals surface area contributed by atoms with Crippen LogP contribution in [0, 0.1) is 0 Å². The summed E-state index contributed by atoms with van der Waals surface area (Å²) in [7, 11) is 1.52. The normalized spacial score (nSPS) is 11.4. The molecule has 0 unspecified atom stereocenters. The lowest BCUT2D eigenvalue weighted by atomic mass is 9.87. The Hall–Kier alpha value is -3.32. The minimum atomic E-state index is -0.514. The van der Waals surface area contributed by atoms with E-state index in [1.54, 1.807) is 18.2 Å². The van der Waals surface area contributed by atoms with Gasteiger partial charge in [0.15, 0.2) is 6.61 Å². The molecule has 0 amide bonds. The molecule has 0 aliphatic heterocycles. The number of fused-ring (bicyclic) bond motifs is 1. The van der Waals surface area contributed by atoms with Gasteiger partial charge in [-0.05, 0) is 35.2 Å². The van der Waals surface area contributed by atoms with Crippen LogP contribution in [0.5, 0.6) is 17.2 Å². The Bertz CT molecular complexity index is 1090. The van der Waals surface area contributed by atoms with Crippen molar-refractivity contribution in [3.63, 3.8) is 0 Å². The van der Waals surface area contributed by atoms with E-state index in [4.69, 9.17) is 23.4 Å². The molecule has 0 saturated carbocycles. The van der Waals surface area contributed by atoms with Crippen LogP contribution in [0.1, 0.15) is 26.3 Å². The Kier molecular flexibility index (Phi) is 6.97. The summed E-state index contributed by atoms with van der Waals surface area (Å²) in [4.78, 5) is 24.4. The maximum Gasteiger partial charge on any atom is 0.344 e. The van der Waals surface area contributed by atoms with Gasteiger partial charge >= 0.3 is 5.97 Å². The molecule has 0 radical (unpaired) electrons. The van der Waals surface area contributed by atoms with Gasteiger partial charge in [-0.2, -0.15) is 0 Å². The Balaban J connectivity index is 1.70. The summed E-state index contributed by atoms with van der Waals surface area (Å²) in [6, 6.07) is 12.3. The molecule has 7 heteroatoms. The summed E-state index contributed by atoms with van der Waals surface area (Å²) in [5.41, 5.74) is 1.22. The van der Waals surface area contributed by atoms with Crippen LogP contribution in [0.25, 0.3) is 11.0 Å². The maximum atomic E-state index is 12.8. The van der Waals surface area contributed by atoms with Crippen molar-refractivity contribution in [2.75, 3.05) is 26.9 Å². The van der Waals surface area contributed by atoms with E-state index in [0.29, 0.717) is 29.1 Å². The Morgan fingerprint density at radius 2 is 1.71 bits per heavy atom. The van der Waals surface area contributed by atoms with Crippen molar-refractivity contribution in [1.29, 1.82) is 0 Å². The lowest BCUT2D eigenvalue weighted by Crippen LogP contribution is -2.17. The third-order valence-electron chi connectivity index (χ3n) is 4.57. The minimum Gasteiger partial charge on any atom is -0.482 e. The first kappa shape index (κ1) is 22.4. The van der Waals surface area contributed by atoms with Crippen LogP contribution in [0.15, 0.2) is 57.9 Å². The van der Waals surface area contributed by atoms with Gasteiger partial charge in [0.05, 0.1) is 12.0 Å². The molecule has 2 aromatic carbocycles. The number of methoxy groups -OCH3 is 1. The number of carbonyl (C=O) groups is 1. The van der Waals surface area contributed by atoms with Crippen LogP contribution < -0.4 is 14.9 Å². The van der Waals surface area contributed by atoms with Gasteiger partial charge in [-0.3, -0.25) is 4.79 Å². The van der Waals surface area contributed by atoms with Gasteiger partial charge in [-0.25, -0.2) is 4.79 Å². The minimum absolute atomic E-state index is 0.0287. The fourth-order valence-corrected chi connectivity index (χ4v) is 2.82. The number of ether oxygens (including phenoxy) is 4. The lowest BCUT2D eigenvalue weighted by Gasteiger charge is -2.19. The van der Waals surface area contributed by atoms with E-state index < -0.39 is 5.97 Å². The van der Waals surface area contributed by atoms with Crippen molar-refractivity contribution < 1.29 is 28.2 Å². The standard InChI is InChI=1S/C24H26O7/c1-24(2,3)16-5-7-17(8-6-16)31-21-14-30-20-13-18(9-10-19(20)23(21)26)29-15-22(25)28-12-11-27-4/h5-10,13-14H,11-12,15H2,1-4H3. The third-order valence-corrected chi connectivity index (χ3v) is 4.57. The number of esters is 1. The fourth-order valence-electron chi connectivity index (χ4n) is 2.82. The van der Waals surface area contributed by atoms with Crippen molar-refractivity contribution >= 4 is 16.9 Å². The Morgan fingerprint density at radius 1 is 1.00 bits per heavy atom. The molecule has 0 N–H and O–H groups in total. The number of carbonyl (C=O) groups excluding carboxylic acids is 1. The average molecular weight is 426 g/mol. The summed E-state index contributed by atoms with van der Waals surface area (Å²) in [6.45, 7) is 6.60. The van der Waals surface area contributed by atoms with Crippen LogP contribution in [-0.2, 0) is 19.7 Å². The largest absolute Gasteiger partial charge is 0.482 e. The number of benzene rings is 2. The second kappa shape index (κ2) is 9.66. The monoisotopic (exact) mass is 426 g/mol. The van der Waals surface area contributed by atoms with Crippen LogP contribution in [0.3, 0.4) is 0 Å². The van der Waals surface area contributed by atoms with Gasteiger partial charge in [-0.1, -0.05) is 32.9 Å². The second-order valence-electron chi connectivity index (χ2n) is 7.97. The molecule has 164 valence electrons. The zero-order valence-electron chi connectivity index (χ0n) is 18.1. The molecule has 31 heavy (non-hydrogen) atoms. The van der Waals surface area contributed by atoms with Gasteiger partial charge in [0.1, 0.15) is 30.0 Å². The highest BCUT2D eigenvalue weighted by Gasteiger charge is 2.14. The quantitative estimate of drug-likeness (QED) is 0.389. The van der Waals surface area contributed by atoms with Gasteiger partial charge in [0.2, 0.25) is 11.2 Å². The lowest BCUT2D eigenvalue weighted by molar-refractivity contribution is -0.147. The molecule has 0 atom stereocenters. The molecule has 0 aliphatic rings. The summed E-state index contributed by atoms with van der Waals surface area (Å²) in [5.74, 6) is 0.503. The van der Waals surface area contributed by atoms with E-state index in [0.717, 1.165) is 0 Å². The predicted octanol–water partition coefficient (Wildman–Crippen LogP) is 4.45. The summed E-state index contributed by atoms with van der Waals surface area (Å²) in [6.07, 6.45) is 1.27. The van der Waals surface area contributed by atoms with Crippen molar-refractivity contribution in [1.82, 2.24) is 0 Å². The van der Waals surface area contributed by atoms with E-state index in [2.05, 4.69) is 20.8 Å². The molecule has 0 fully saturated rings. The highest BCUT2D eigenvalue weighted by Crippen LogP contribution is 2.27. The van der Waals surface area contributed by atoms with Crippen LogP contribution in [-0.4, -0.2) is 32.9 Å². The molecule has 0 aliphatic carbocycles. The topological polar surface area (TPSA) is 84.2 Å². The number of rotatable bonds is 8. The van der Waals surface area contributed by atoms with Crippen LogP contribution in [0.4, 0.5) is 0 Å². The summed E-state index contributed by atoms with van der Waals surface area (Å²) in [5, 5.41) is 0.346. The molecule has 1 aromatic heterocycles. The molecule has 3 aromatic rings. The third kappa shape index (κ3) is 5.86. The Morgan fingerprint density at radius 3 is 2.39 bits per heavy atom. The first-order valence-electron chi connectivity index (χ1n) is 9.89. The molecular weight excluding hydrogens is 400 g/mol. The predicted molar refractivity (Wildman–Crippen MR) is 116 cm³/mol. The molecule has 3 rings (SSSR count). The first-order valence-corrected chi connectivity index (χ1v) is 9.89. The number of hydrogen-bond acceptors (Lipinski definition) is 7. The molecule has 1 heterocycles. The Labute approximate surface area is 180 Å². The van der Waals surface area contributed by atoms with E-state index in [9.17, 15) is 9.59 Å². The summed E-state index contributed by atoms with van der Waals surface area (Å²) < 4.78 is 26.4. The smallest absolute Gasteiger partial charge is 0.344 e. The summed E-state index contributed by atoms with van der Waals surface area (Å²) >= 11 is 0. The zero-order valence-corrected chi connectivity index (χ0v) is 18.1. The van der Waals surface area contributed by atoms with Crippen LogP contribution in [0.2, 0.25) is 0 Å². The fraction of sp³-hybridized carbons (Fsp3) is 0.333. The van der Waals surface area contributed by atoms with E-state index in [-0.39, 0.29) is 29.8 Å². The average Bonchev–Trinajstić information content (AvgIpc) is 2.74. The van der Waals surface area contributed by atoms with Gasteiger partial charge < -0.3 is 23.4 Å². The second-order valence-corrected chi connectivity index (χ2v) is 7.97. The first-order chi connectivity index (χ1) is 14.8. The molecular formula is C24H26O7. The van der Waals surface area contributed by atoms with Crippen molar-refractivity contribution in [3.05, 3.63) is 64.5 Å². The van der Waals surface area contributed by atoms with Crippen LogP contribution >= 0.6 is 0 Å². The number of hydrogen-bond donors (Lipinski definition) is 0. The van der Waals surface area contributed by atoms with Crippen molar-refractivity contribution in [2.24, 2.45) is 0 Å². The highest BCUT2D eigenvalue weighted by atomic mass is 16.6. The van der Waals surface area contributed by atoms with Crippen molar-refractivity contribution in [2.45, 2.75) is 26.2 Å². The van der Waals surface area contributed by atoms with Crippen molar-refractivity contribution in [3.8, 4) is 17.2 Å². The SMILES string of the molecule is COCCOC(=O)COc1ccc2c(=O)c(Oc3ccc(C(C)(C)C)cc3)coc2c1. The maximum absolute atomic E-state index is 12.8. The van der Waals surface area contributed by atoms with E-state index in [1.165, 1.54) is 18.9 Å². The van der Waals surface area contributed by atoms with E-state index >= 15 is 0 Å². The highest BCUT2D eigenvalue weighted by molar-refractivity contribution is 5.79. The van der Waals surface area contributed by atoms with Gasteiger partial charge in [0.25, 0.3) is 0 Å². The van der Waals surface area contributed by atoms with Gasteiger partial charge in [-0.15, -0.1) is 0 Å². The van der Waals surface area contributed by atoms with E-state index in [1.807, 2.05) is 24.3 Å². The molecule has 0 saturated heterocycles. The zero-order chi connectivity index (χ0) is 22.4.